The van der Waals surface area contributed by atoms with Crippen LogP contribution in [0.2, 0.25) is 0 Å². The third kappa shape index (κ3) is 6.04. The molecule has 1 saturated carbocycles. The molecule has 0 aliphatic heterocycles. The van der Waals surface area contributed by atoms with E-state index in [9.17, 15) is 4.39 Å². The Bertz CT molecular complexity index is 1030. The monoisotopic (exact) mass is 463 g/mol. The first kappa shape index (κ1) is 27.5. The van der Waals surface area contributed by atoms with Crippen LogP contribution in [0.4, 0.5) is 10.1 Å². The average molecular weight is 464 g/mol. The van der Waals surface area contributed by atoms with E-state index in [2.05, 4.69) is 56.0 Å². The summed E-state index contributed by atoms with van der Waals surface area (Å²) in [6.45, 7) is 22.5. The number of hydrogen-bond donors (Lipinski definition) is 1. The molecule has 1 aromatic rings. The van der Waals surface area contributed by atoms with Gasteiger partial charge in [-0.1, -0.05) is 38.6 Å². The van der Waals surface area contributed by atoms with E-state index in [0.717, 1.165) is 52.2 Å². The molecule has 1 aliphatic rings. The van der Waals surface area contributed by atoms with E-state index >= 15 is 0 Å². The summed E-state index contributed by atoms with van der Waals surface area (Å²) in [6, 6.07) is 5.58. The molecule has 1 aliphatic carbocycles. The highest BCUT2D eigenvalue weighted by Crippen LogP contribution is 2.43. The first-order chi connectivity index (χ1) is 15.9. The number of rotatable bonds is 10. The average Bonchev–Trinajstić information content (AvgIpc) is 3.25. The number of nitrogens with one attached hydrogen (secondary N) is 1. The molecular formula is C30H42FN3. The summed E-state index contributed by atoms with van der Waals surface area (Å²) in [5.74, 6) is 0. The topological polar surface area (TPSA) is 27.6 Å². The van der Waals surface area contributed by atoms with Crippen molar-refractivity contribution in [3.05, 3.63) is 83.3 Å². The van der Waals surface area contributed by atoms with Crippen LogP contribution in [0.25, 0.3) is 5.57 Å². The molecule has 1 atom stereocenters. The van der Waals surface area contributed by atoms with Crippen molar-refractivity contribution in [2.75, 3.05) is 19.4 Å². The van der Waals surface area contributed by atoms with E-state index in [-0.39, 0.29) is 5.54 Å². The van der Waals surface area contributed by atoms with Crippen LogP contribution in [0.15, 0.2) is 77.1 Å². The van der Waals surface area contributed by atoms with Crippen molar-refractivity contribution in [3.8, 4) is 0 Å². The molecule has 1 N–H and O–H groups in total. The predicted molar refractivity (Wildman–Crippen MR) is 148 cm³/mol. The van der Waals surface area contributed by atoms with Gasteiger partial charge in [0, 0.05) is 40.0 Å². The Hall–Kier alpha value is -2.72. The van der Waals surface area contributed by atoms with Gasteiger partial charge in [-0.25, -0.2) is 4.39 Å². The molecule has 0 amide bonds. The molecule has 3 nitrogen and oxygen atoms in total. The van der Waals surface area contributed by atoms with E-state index in [0.29, 0.717) is 5.56 Å². The lowest BCUT2D eigenvalue weighted by Gasteiger charge is -2.39. The van der Waals surface area contributed by atoms with Gasteiger partial charge in [-0.3, -0.25) is 9.89 Å². The first-order valence-corrected chi connectivity index (χ1v) is 12.1. The van der Waals surface area contributed by atoms with Crippen LogP contribution < -0.4 is 5.32 Å². The first-order valence-electron chi connectivity index (χ1n) is 12.1. The predicted octanol–water partition coefficient (Wildman–Crippen LogP) is 8.42. The third-order valence-corrected chi connectivity index (χ3v) is 6.94. The summed E-state index contributed by atoms with van der Waals surface area (Å²) in [6.07, 6.45) is 7.28. The van der Waals surface area contributed by atoms with E-state index < -0.39 is 6.17 Å². The standard InChI is InChI=1S/C30H42FN3/c1-11-32-22(5)18-21(4)27-19-26(24(7)31)14-15-28(27)33-25(8)29(20(2)3)23(6)30(34(9)10)16-12-13-17-30/h11,14-15,18-19,24,33H,2,4,8,12-13,16-17H2,1,3,5-7,9-10H3/b22-18-,29-23+,32-11?. The van der Waals surface area contributed by atoms with Gasteiger partial charge in [-0.2, -0.15) is 0 Å². The zero-order valence-corrected chi connectivity index (χ0v) is 22.2. The Kier molecular flexibility index (Phi) is 9.40. The highest BCUT2D eigenvalue weighted by atomic mass is 19.1. The number of benzene rings is 1. The Morgan fingerprint density at radius 2 is 1.76 bits per heavy atom. The lowest BCUT2D eigenvalue weighted by atomic mass is 9.82. The molecule has 0 spiro atoms. The summed E-state index contributed by atoms with van der Waals surface area (Å²) in [5.41, 5.74) is 8.02. The second-order valence-electron chi connectivity index (χ2n) is 9.64. The number of likely N-dealkylation sites (N-methyl/N-ethyl adjacent to an activating group) is 1. The highest BCUT2D eigenvalue weighted by Gasteiger charge is 2.39. The minimum absolute atomic E-state index is 0.0108. The molecule has 2 rings (SSSR count). The molecule has 0 bridgehead atoms. The Balaban J connectivity index is 2.55. The fourth-order valence-corrected chi connectivity index (χ4v) is 5.13. The van der Waals surface area contributed by atoms with E-state index in [4.69, 9.17) is 0 Å². The summed E-state index contributed by atoms with van der Waals surface area (Å²) in [7, 11) is 4.32. The van der Waals surface area contributed by atoms with Crippen molar-refractivity contribution in [1.29, 1.82) is 0 Å². The van der Waals surface area contributed by atoms with E-state index in [1.165, 1.54) is 18.4 Å². The minimum atomic E-state index is -1.07. The Morgan fingerprint density at radius 3 is 2.26 bits per heavy atom. The largest absolute Gasteiger partial charge is 0.355 e. The number of nitrogens with zero attached hydrogens (tertiary/aromatic N) is 2. The maximum Gasteiger partial charge on any atom is 0.122 e. The smallest absolute Gasteiger partial charge is 0.122 e. The van der Waals surface area contributed by atoms with Crippen molar-refractivity contribution in [3.63, 3.8) is 0 Å². The van der Waals surface area contributed by atoms with Gasteiger partial charge in [-0.05, 0) is 102 Å². The van der Waals surface area contributed by atoms with Crippen molar-refractivity contribution in [2.24, 2.45) is 4.99 Å². The molecular weight excluding hydrogens is 421 g/mol. The molecule has 1 unspecified atom stereocenters. The zero-order valence-electron chi connectivity index (χ0n) is 22.2. The van der Waals surface area contributed by atoms with Crippen LogP contribution >= 0.6 is 0 Å². The number of hydrogen-bond acceptors (Lipinski definition) is 3. The maximum atomic E-state index is 14.2. The summed E-state index contributed by atoms with van der Waals surface area (Å²) in [5, 5.41) is 3.52. The van der Waals surface area contributed by atoms with Crippen LogP contribution in [0.5, 0.6) is 0 Å². The third-order valence-electron chi connectivity index (χ3n) is 6.94. The van der Waals surface area contributed by atoms with Crippen molar-refractivity contribution in [1.82, 2.24) is 4.90 Å². The number of aliphatic imine (C=N–C) groups is 1. The molecule has 34 heavy (non-hydrogen) atoms. The molecule has 0 radical (unpaired) electrons. The van der Waals surface area contributed by atoms with Crippen LogP contribution in [0.1, 0.15) is 77.6 Å². The minimum Gasteiger partial charge on any atom is -0.355 e. The van der Waals surface area contributed by atoms with Crippen LogP contribution in [-0.2, 0) is 0 Å². The van der Waals surface area contributed by atoms with Gasteiger partial charge in [0.2, 0.25) is 0 Å². The van der Waals surface area contributed by atoms with E-state index in [1.54, 1.807) is 13.1 Å². The normalized spacial score (nSPS) is 17.6. The Labute approximate surface area is 206 Å². The summed E-state index contributed by atoms with van der Waals surface area (Å²) in [4.78, 5) is 6.67. The van der Waals surface area contributed by atoms with Gasteiger partial charge in [0.15, 0.2) is 0 Å². The second-order valence-corrected chi connectivity index (χ2v) is 9.64. The van der Waals surface area contributed by atoms with Gasteiger partial charge >= 0.3 is 0 Å². The summed E-state index contributed by atoms with van der Waals surface area (Å²) >= 11 is 0. The van der Waals surface area contributed by atoms with Gasteiger partial charge in [0.05, 0.1) is 0 Å². The molecule has 1 aromatic carbocycles. The second kappa shape index (κ2) is 11.6. The number of halogens is 1. The number of allylic oxidation sites excluding steroid dienone is 4. The fraction of sp³-hybridized carbons (Fsp3) is 0.433. The quantitative estimate of drug-likeness (QED) is 0.278. The van der Waals surface area contributed by atoms with Crippen molar-refractivity contribution in [2.45, 2.75) is 72.0 Å². The Morgan fingerprint density at radius 1 is 1.15 bits per heavy atom. The lowest BCUT2D eigenvalue weighted by molar-refractivity contribution is 0.198. The van der Waals surface area contributed by atoms with Gasteiger partial charge in [-0.15, -0.1) is 0 Å². The van der Waals surface area contributed by atoms with Gasteiger partial charge in [0.25, 0.3) is 0 Å². The molecule has 0 heterocycles. The van der Waals surface area contributed by atoms with Gasteiger partial charge in [0.1, 0.15) is 6.17 Å². The molecule has 184 valence electrons. The molecule has 1 fully saturated rings. The molecule has 0 aromatic heterocycles. The highest BCUT2D eigenvalue weighted by molar-refractivity contribution is 5.83. The number of alkyl halides is 1. The van der Waals surface area contributed by atoms with Gasteiger partial charge < -0.3 is 5.32 Å². The fourth-order valence-electron chi connectivity index (χ4n) is 5.13. The molecule has 4 heteroatoms. The van der Waals surface area contributed by atoms with Crippen LogP contribution in [0, 0.1) is 0 Å². The molecule has 0 saturated heterocycles. The van der Waals surface area contributed by atoms with Crippen molar-refractivity contribution < 1.29 is 4.39 Å². The summed E-state index contributed by atoms with van der Waals surface area (Å²) < 4.78 is 14.2. The van der Waals surface area contributed by atoms with E-state index in [1.807, 2.05) is 45.0 Å². The van der Waals surface area contributed by atoms with Crippen LogP contribution in [0.3, 0.4) is 0 Å². The lowest BCUT2D eigenvalue weighted by Crippen LogP contribution is -2.43. The number of anilines is 1. The maximum absolute atomic E-state index is 14.2. The van der Waals surface area contributed by atoms with Crippen molar-refractivity contribution >= 4 is 17.5 Å². The zero-order chi connectivity index (χ0) is 25.6. The van der Waals surface area contributed by atoms with Crippen LogP contribution in [-0.4, -0.2) is 30.7 Å². The SMILES string of the molecule is C=C(C)/C(C(=C)Nc1ccc(C(C)F)cc1C(=C)/C=C(/C)N=CC)=C(/C)C1(N(C)C)CCCC1.